The van der Waals surface area contributed by atoms with Crippen molar-refractivity contribution in [3.63, 3.8) is 0 Å². The van der Waals surface area contributed by atoms with Gasteiger partial charge in [-0.05, 0) is 25.5 Å². The molecule has 1 atom stereocenters. The lowest BCUT2D eigenvalue weighted by Gasteiger charge is -2.10. The standard InChI is InChI=1S/C16H20N2O2S/c1-3-12(2)17-15(19)9-13-11-21-16(18-13)10-20-14-7-5-4-6-8-14/h4-8,11-12H,3,9-10H2,1-2H3,(H,17,19)/t12-/m0/s1. The Balaban J connectivity index is 1.82. The highest BCUT2D eigenvalue weighted by Crippen LogP contribution is 2.15. The van der Waals surface area contributed by atoms with E-state index in [-0.39, 0.29) is 11.9 Å². The lowest BCUT2D eigenvalue weighted by molar-refractivity contribution is -0.121. The monoisotopic (exact) mass is 304 g/mol. The Morgan fingerprint density at radius 2 is 2.14 bits per heavy atom. The lowest BCUT2D eigenvalue weighted by Crippen LogP contribution is -2.33. The van der Waals surface area contributed by atoms with Gasteiger partial charge in [0.25, 0.3) is 0 Å². The number of carbonyl (C=O) groups excluding carboxylic acids is 1. The average Bonchev–Trinajstić information content (AvgIpc) is 2.93. The molecular weight excluding hydrogens is 284 g/mol. The first-order valence-electron chi connectivity index (χ1n) is 7.08. The first-order chi connectivity index (χ1) is 10.2. The molecular formula is C16H20N2O2S. The molecule has 0 saturated heterocycles. The van der Waals surface area contributed by atoms with Crippen LogP contribution in [0.2, 0.25) is 0 Å². The molecule has 2 aromatic rings. The fourth-order valence-electron chi connectivity index (χ4n) is 1.75. The van der Waals surface area contributed by atoms with Gasteiger partial charge in [0.2, 0.25) is 5.91 Å². The van der Waals surface area contributed by atoms with Crippen LogP contribution in [0.4, 0.5) is 0 Å². The molecule has 0 unspecified atom stereocenters. The van der Waals surface area contributed by atoms with Crippen molar-refractivity contribution in [1.82, 2.24) is 10.3 Å². The van der Waals surface area contributed by atoms with Crippen LogP contribution in [0.15, 0.2) is 35.7 Å². The molecule has 0 spiro atoms. The summed E-state index contributed by atoms with van der Waals surface area (Å²) in [6, 6.07) is 9.84. The highest BCUT2D eigenvalue weighted by molar-refractivity contribution is 7.09. The van der Waals surface area contributed by atoms with Crippen LogP contribution in [-0.2, 0) is 17.8 Å². The van der Waals surface area contributed by atoms with Crippen LogP contribution in [0, 0.1) is 0 Å². The van der Waals surface area contributed by atoms with Crippen molar-refractivity contribution in [3.05, 3.63) is 46.4 Å². The summed E-state index contributed by atoms with van der Waals surface area (Å²) in [5, 5.41) is 5.74. The van der Waals surface area contributed by atoms with Crippen molar-refractivity contribution >= 4 is 17.2 Å². The highest BCUT2D eigenvalue weighted by Gasteiger charge is 2.10. The molecule has 0 aliphatic rings. The number of amides is 1. The third-order valence-electron chi connectivity index (χ3n) is 3.07. The fourth-order valence-corrected chi connectivity index (χ4v) is 2.46. The van der Waals surface area contributed by atoms with Crippen molar-refractivity contribution in [3.8, 4) is 5.75 Å². The molecule has 0 aliphatic carbocycles. The molecule has 112 valence electrons. The van der Waals surface area contributed by atoms with E-state index >= 15 is 0 Å². The number of ether oxygens (including phenoxy) is 1. The van der Waals surface area contributed by atoms with Crippen molar-refractivity contribution in [2.24, 2.45) is 0 Å². The largest absolute Gasteiger partial charge is 0.486 e. The zero-order valence-corrected chi connectivity index (χ0v) is 13.2. The molecule has 0 aliphatic heterocycles. The molecule has 21 heavy (non-hydrogen) atoms. The SMILES string of the molecule is CC[C@H](C)NC(=O)Cc1csc(COc2ccccc2)n1. The van der Waals surface area contributed by atoms with Gasteiger partial charge in [0.1, 0.15) is 17.4 Å². The molecule has 1 heterocycles. The number of aromatic nitrogens is 1. The molecule has 0 saturated carbocycles. The number of carbonyl (C=O) groups is 1. The summed E-state index contributed by atoms with van der Waals surface area (Å²) in [6.45, 7) is 4.48. The summed E-state index contributed by atoms with van der Waals surface area (Å²) in [4.78, 5) is 16.2. The summed E-state index contributed by atoms with van der Waals surface area (Å²) in [6.07, 6.45) is 1.26. The molecule has 1 amide bonds. The molecule has 1 aromatic carbocycles. The second kappa shape index (κ2) is 7.78. The Bertz CT molecular complexity index is 569. The number of nitrogens with one attached hydrogen (secondary N) is 1. The number of para-hydroxylation sites is 1. The average molecular weight is 304 g/mol. The Kier molecular flexibility index (Phi) is 5.75. The quantitative estimate of drug-likeness (QED) is 0.854. The predicted molar refractivity (Wildman–Crippen MR) is 84.5 cm³/mol. The maximum absolute atomic E-state index is 11.8. The van der Waals surface area contributed by atoms with Crippen LogP contribution in [0.3, 0.4) is 0 Å². The summed E-state index contributed by atoms with van der Waals surface area (Å²) in [7, 11) is 0. The molecule has 0 bridgehead atoms. The van der Waals surface area contributed by atoms with Gasteiger partial charge in [0, 0.05) is 11.4 Å². The van der Waals surface area contributed by atoms with Gasteiger partial charge in [-0.25, -0.2) is 4.98 Å². The number of nitrogens with zero attached hydrogens (tertiary/aromatic N) is 1. The Labute approximate surface area is 129 Å². The molecule has 4 nitrogen and oxygen atoms in total. The van der Waals surface area contributed by atoms with E-state index in [0.717, 1.165) is 22.9 Å². The first kappa shape index (κ1) is 15.5. The van der Waals surface area contributed by atoms with E-state index < -0.39 is 0 Å². The molecule has 2 rings (SSSR count). The minimum Gasteiger partial charge on any atom is -0.486 e. The Morgan fingerprint density at radius 3 is 2.86 bits per heavy atom. The number of rotatable bonds is 7. The molecule has 1 N–H and O–H groups in total. The zero-order chi connectivity index (χ0) is 15.1. The minimum absolute atomic E-state index is 0.0187. The Hall–Kier alpha value is -1.88. The van der Waals surface area contributed by atoms with Gasteiger partial charge in [-0.3, -0.25) is 4.79 Å². The first-order valence-corrected chi connectivity index (χ1v) is 7.96. The maximum Gasteiger partial charge on any atom is 0.226 e. The van der Waals surface area contributed by atoms with Crippen molar-refractivity contribution in [2.75, 3.05) is 0 Å². The number of benzene rings is 1. The van der Waals surface area contributed by atoms with Crippen LogP contribution in [-0.4, -0.2) is 16.9 Å². The van der Waals surface area contributed by atoms with Gasteiger partial charge in [-0.1, -0.05) is 25.1 Å². The molecule has 0 radical (unpaired) electrons. The van der Waals surface area contributed by atoms with Gasteiger partial charge in [0.15, 0.2) is 0 Å². The number of hydrogen-bond donors (Lipinski definition) is 1. The normalized spacial score (nSPS) is 11.9. The minimum atomic E-state index is 0.0187. The van der Waals surface area contributed by atoms with E-state index in [4.69, 9.17) is 4.74 Å². The maximum atomic E-state index is 11.8. The van der Waals surface area contributed by atoms with E-state index in [9.17, 15) is 4.79 Å². The summed E-state index contributed by atoms with van der Waals surface area (Å²) < 4.78 is 5.64. The molecule has 5 heteroatoms. The lowest BCUT2D eigenvalue weighted by atomic mass is 10.2. The van der Waals surface area contributed by atoms with Crippen LogP contribution >= 0.6 is 11.3 Å². The summed E-state index contributed by atoms with van der Waals surface area (Å²) in [5.74, 6) is 0.842. The van der Waals surface area contributed by atoms with E-state index in [2.05, 4.69) is 10.3 Å². The molecule has 0 fully saturated rings. The van der Waals surface area contributed by atoms with E-state index in [1.807, 2.05) is 49.6 Å². The fraction of sp³-hybridized carbons (Fsp3) is 0.375. The number of thiazole rings is 1. The van der Waals surface area contributed by atoms with E-state index in [1.54, 1.807) is 0 Å². The second-order valence-electron chi connectivity index (χ2n) is 4.89. The van der Waals surface area contributed by atoms with Crippen LogP contribution in [0.5, 0.6) is 5.75 Å². The van der Waals surface area contributed by atoms with E-state index in [0.29, 0.717) is 13.0 Å². The second-order valence-corrected chi connectivity index (χ2v) is 5.83. The number of hydrogen-bond acceptors (Lipinski definition) is 4. The van der Waals surface area contributed by atoms with Gasteiger partial charge < -0.3 is 10.1 Å². The van der Waals surface area contributed by atoms with Crippen molar-refractivity contribution in [1.29, 1.82) is 0 Å². The third-order valence-corrected chi connectivity index (χ3v) is 3.94. The van der Waals surface area contributed by atoms with Crippen molar-refractivity contribution < 1.29 is 9.53 Å². The van der Waals surface area contributed by atoms with Gasteiger partial charge >= 0.3 is 0 Å². The van der Waals surface area contributed by atoms with Crippen LogP contribution < -0.4 is 10.1 Å². The van der Waals surface area contributed by atoms with Crippen LogP contribution in [0.25, 0.3) is 0 Å². The van der Waals surface area contributed by atoms with Gasteiger partial charge in [-0.2, -0.15) is 0 Å². The predicted octanol–water partition coefficient (Wildman–Crippen LogP) is 3.18. The third kappa shape index (κ3) is 5.19. The van der Waals surface area contributed by atoms with Gasteiger partial charge in [-0.15, -0.1) is 11.3 Å². The highest BCUT2D eigenvalue weighted by atomic mass is 32.1. The Morgan fingerprint density at radius 1 is 1.38 bits per heavy atom. The zero-order valence-electron chi connectivity index (χ0n) is 12.3. The smallest absolute Gasteiger partial charge is 0.226 e. The van der Waals surface area contributed by atoms with Gasteiger partial charge in [0.05, 0.1) is 12.1 Å². The molecule has 1 aromatic heterocycles. The summed E-state index contributed by atoms with van der Waals surface area (Å²) >= 11 is 1.52. The van der Waals surface area contributed by atoms with E-state index in [1.165, 1.54) is 11.3 Å². The van der Waals surface area contributed by atoms with Crippen LogP contribution in [0.1, 0.15) is 31.0 Å². The van der Waals surface area contributed by atoms with Crippen molar-refractivity contribution in [2.45, 2.75) is 39.3 Å². The topological polar surface area (TPSA) is 51.2 Å². The summed E-state index contributed by atoms with van der Waals surface area (Å²) in [5.41, 5.74) is 0.799.